The topological polar surface area (TPSA) is 20.1 Å². The number of hydrogen-bond acceptors (Lipinski definition) is 1. The summed E-state index contributed by atoms with van der Waals surface area (Å²) in [4.78, 5) is 13.6. The number of para-hydroxylation sites is 2. The Morgan fingerprint density at radius 2 is 1.62 bits per heavy atom. The lowest BCUT2D eigenvalue weighted by Crippen LogP contribution is -2.28. The fourth-order valence-corrected chi connectivity index (χ4v) is 1.36. The Balaban J connectivity index is 2.23. The summed E-state index contributed by atoms with van der Waals surface area (Å²) in [5.41, 5.74) is 1.82. The van der Waals surface area contributed by atoms with Gasteiger partial charge in [0, 0.05) is 5.41 Å². The first-order valence-corrected chi connectivity index (χ1v) is 4.45. The predicted molar refractivity (Wildman–Crippen MR) is 53.0 cm³/mol. The van der Waals surface area contributed by atoms with Crippen LogP contribution in [0.4, 0.5) is 11.4 Å². The molecule has 0 bridgehead atoms. The van der Waals surface area contributed by atoms with Crippen LogP contribution >= 0.6 is 0 Å². The minimum Gasteiger partial charge on any atom is -0.276 e. The van der Waals surface area contributed by atoms with Crippen molar-refractivity contribution in [2.75, 3.05) is 4.90 Å². The van der Waals surface area contributed by atoms with E-state index in [-0.39, 0.29) is 11.3 Å². The van der Waals surface area contributed by atoms with E-state index in [0.717, 1.165) is 11.4 Å². The molecule has 1 amide bonds. The molecular formula is C11H13NO. The first-order chi connectivity index (χ1) is 6.02. The second-order valence-electron chi connectivity index (χ2n) is 4.38. The molecule has 1 aliphatic rings. The highest BCUT2D eigenvalue weighted by molar-refractivity contribution is 6.17. The summed E-state index contributed by atoms with van der Waals surface area (Å²) >= 11 is 0. The second-order valence-corrected chi connectivity index (χ2v) is 4.38. The predicted octanol–water partition coefficient (Wildman–Crippen LogP) is 2.71. The van der Waals surface area contributed by atoms with E-state index in [1.54, 1.807) is 4.90 Å². The highest BCUT2D eigenvalue weighted by Gasteiger charge is 2.39. The monoisotopic (exact) mass is 175 g/mol. The van der Waals surface area contributed by atoms with Gasteiger partial charge in [0.25, 0.3) is 0 Å². The van der Waals surface area contributed by atoms with Gasteiger partial charge in [-0.1, -0.05) is 32.9 Å². The minimum absolute atomic E-state index is 0.175. The highest BCUT2D eigenvalue weighted by Crippen LogP contribution is 2.49. The summed E-state index contributed by atoms with van der Waals surface area (Å²) < 4.78 is 0. The Morgan fingerprint density at radius 1 is 1.15 bits per heavy atom. The summed E-state index contributed by atoms with van der Waals surface area (Å²) in [6.07, 6.45) is 0. The van der Waals surface area contributed by atoms with Crippen LogP contribution in [0.2, 0.25) is 0 Å². The summed E-state index contributed by atoms with van der Waals surface area (Å²) in [5, 5.41) is 0. The average Bonchev–Trinajstić information content (AvgIpc) is 2.75. The van der Waals surface area contributed by atoms with Crippen molar-refractivity contribution >= 4 is 17.3 Å². The smallest absolute Gasteiger partial charge is 0.237 e. The van der Waals surface area contributed by atoms with Gasteiger partial charge in [-0.15, -0.1) is 0 Å². The van der Waals surface area contributed by atoms with Gasteiger partial charge in [-0.25, -0.2) is 0 Å². The average molecular weight is 175 g/mol. The lowest BCUT2D eigenvalue weighted by atomic mass is 9.95. The molecule has 68 valence electrons. The fraction of sp³-hybridized carbons (Fsp3) is 0.364. The zero-order chi connectivity index (χ0) is 9.64. The molecule has 1 aromatic carbocycles. The van der Waals surface area contributed by atoms with Crippen LogP contribution in [0.25, 0.3) is 0 Å². The summed E-state index contributed by atoms with van der Waals surface area (Å²) in [6, 6.07) is 7.85. The molecule has 13 heavy (non-hydrogen) atoms. The first-order valence-electron chi connectivity index (χ1n) is 4.45. The Bertz CT molecular complexity index is 340. The maximum atomic E-state index is 11.8. The molecule has 0 aliphatic carbocycles. The molecule has 0 atom stereocenters. The van der Waals surface area contributed by atoms with Gasteiger partial charge in [-0.3, -0.25) is 9.69 Å². The third-order valence-electron chi connectivity index (χ3n) is 2.16. The second kappa shape index (κ2) is 2.34. The number of carbonyl (C=O) groups is 1. The van der Waals surface area contributed by atoms with E-state index in [0.29, 0.717) is 0 Å². The maximum absolute atomic E-state index is 11.8. The molecule has 0 saturated heterocycles. The Kier molecular flexibility index (Phi) is 1.50. The quantitative estimate of drug-likeness (QED) is 0.555. The van der Waals surface area contributed by atoms with Crippen molar-refractivity contribution < 1.29 is 4.79 Å². The standard InChI is InChI=1S/C11H13NO/c1-11(2,3)10(13)12-8-6-4-5-7-9(8)12/h4-7H,1-3H3. The van der Waals surface area contributed by atoms with E-state index in [2.05, 4.69) is 0 Å². The number of amides is 1. The summed E-state index contributed by atoms with van der Waals surface area (Å²) in [7, 11) is 0. The molecule has 0 aromatic heterocycles. The number of carbonyl (C=O) groups excluding carboxylic acids is 1. The van der Waals surface area contributed by atoms with Crippen molar-refractivity contribution in [1.82, 2.24) is 0 Å². The SMILES string of the molecule is CC(C)(C)C(=O)N1c2ccccc21. The van der Waals surface area contributed by atoms with Crippen molar-refractivity contribution in [1.29, 1.82) is 0 Å². The minimum atomic E-state index is -0.293. The van der Waals surface area contributed by atoms with Gasteiger partial charge in [0.15, 0.2) is 0 Å². The van der Waals surface area contributed by atoms with Crippen LogP contribution in [0.15, 0.2) is 24.3 Å². The normalized spacial score (nSPS) is 13.9. The molecule has 0 radical (unpaired) electrons. The van der Waals surface area contributed by atoms with E-state index in [1.807, 2.05) is 45.0 Å². The van der Waals surface area contributed by atoms with Crippen LogP contribution in [0.3, 0.4) is 0 Å². The highest BCUT2D eigenvalue weighted by atomic mass is 16.2. The largest absolute Gasteiger partial charge is 0.276 e. The van der Waals surface area contributed by atoms with E-state index >= 15 is 0 Å². The van der Waals surface area contributed by atoms with Crippen molar-refractivity contribution in [2.45, 2.75) is 20.8 Å². The Morgan fingerprint density at radius 3 is 2.00 bits per heavy atom. The van der Waals surface area contributed by atoms with Gasteiger partial charge in [0.2, 0.25) is 5.91 Å². The molecule has 1 aliphatic heterocycles. The van der Waals surface area contributed by atoms with Crippen molar-refractivity contribution in [3.05, 3.63) is 24.3 Å². The lowest BCUT2D eigenvalue weighted by Gasteiger charge is -2.16. The zero-order valence-corrected chi connectivity index (χ0v) is 8.16. The Labute approximate surface area is 78.2 Å². The number of fused-ring (bicyclic) bond motifs is 1. The summed E-state index contributed by atoms with van der Waals surface area (Å²) in [5.74, 6) is 0.175. The molecule has 1 aromatic rings. The van der Waals surface area contributed by atoms with Crippen LogP contribution in [0.5, 0.6) is 0 Å². The summed E-state index contributed by atoms with van der Waals surface area (Å²) in [6.45, 7) is 5.82. The van der Waals surface area contributed by atoms with Gasteiger partial charge in [-0.2, -0.15) is 0 Å². The van der Waals surface area contributed by atoms with Gasteiger partial charge in [-0.05, 0) is 12.1 Å². The van der Waals surface area contributed by atoms with Gasteiger partial charge < -0.3 is 0 Å². The third-order valence-corrected chi connectivity index (χ3v) is 2.16. The molecule has 0 unspecified atom stereocenters. The molecule has 2 rings (SSSR count). The Hall–Kier alpha value is -1.31. The third kappa shape index (κ3) is 1.22. The van der Waals surface area contributed by atoms with E-state index in [1.165, 1.54) is 0 Å². The van der Waals surface area contributed by atoms with Crippen LogP contribution in [0, 0.1) is 5.41 Å². The fourth-order valence-electron chi connectivity index (χ4n) is 1.36. The van der Waals surface area contributed by atoms with Gasteiger partial charge >= 0.3 is 0 Å². The van der Waals surface area contributed by atoms with Gasteiger partial charge in [0.1, 0.15) is 0 Å². The van der Waals surface area contributed by atoms with Crippen LogP contribution in [-0.4, -0.2) is 5.91 Å². The lowest BCUT2D eigenvalue weighted by molar-refractivity contribution is -0.124. The molecule has 2 nitrogen and oxygen atoms in total. The van der Waals surface area contributed by atoms with E-state index < -0.39 is 0 Å². The van der Waals surface area contributed by atoms with Crippen molar-refractivity contribution in [3.63, 3.8) is 0 Å². The van der Waals surface area contributed by atoms with Crippen molar-refractivity contribution in [2.24, 2.45) is 5.41 Å². The molecule has 1 heterocycles. The van der Waals surface area contributed by atoms with Crippen LogP contribution in [0.1, 0.15) is 20.8 Å². The molecule has 0 spiro atoms. The number of nitrogens with zero attached hydrogens (tertiary/aromatic N) is 1. The van der Waals surface area contributed by atoms with E-state index in [9.17, 15) is 4.79 Å². The number of benzene rings is 1. The zero-order valence-electron chi connectivity index (χ0n) is 8.16. The molecule has 0 N–H and O–H groups in total. The molecular weight excluding hydrogens is 162 g/mol. The van der Waals surface area contributed by atoms with Crippen LogP contribution in [-0.2, 0) is 4.79 Å². The first kappa shape index (κ1) is 8.30. The van der Waals surface area contributed by atoms with Crippen LogP contribution < -0.4 is 4.90 Å². The van der Waals surface area contributed by atoms with Crippen molar-refractivity contribution in [3.8, 4) is 0 Å². The maximum Gasteiger partial charge on any atom is 0.237 e. The number of anilines is 2. The molecule has 2 heteroatoms. The molecule has 0 fully saturated rings. The van der Waals surface area contributed by atoms with E-state index in [4.69, 9.17) is 0 Å². The number of rotatable bonds is 0. The number of hydrogen-bond donors (Lipinski definition) is 0. The van der Waals surface area contributed by atoms with Gasteiger partial charge in [0.05, 0.1) is 11.4 Å². The molecule has 0 saturated carbocycles.